The van der Waals surface area contributed by atoms with Crippen LogP contribution in [-0.4, -0.2) is 50.1 Å². The van der Waals surface area contributed by atoms with Crippen molar-refractivity contribution in [1.82, 2.24) is 24.4 Å². The Morgan fingerprint density at radius 3 is 2.77 bits per heavy atom. The van der Waals surface area contributed by atoms with Crippen molar-refractivity contribution in [3.05, 3.63) is 66.6 Å². The topological polar surface area (TPSA) is 82.7 Å². The number of likely N-dealkylation sites (tertiary alicyclic amines) is 1. The first kappa shape index (κ1) is 21.8. The molecule has 1 aliphatic carbocycles. The third-order valence-corrected chi connectivity index (χ3v) is 7.02. The molecule has 7 nitrogen and oxygen atoms in total. The normalized spacial score (nSPS) is 18.4. The smallest absolute Gasteiger partial charge is 0.224 e. The van der Waals surface area contributed by atoms with Gasteiger partial charge in [0.15, 0.2) is 0 Å². The minimum absolute atomic E-state index is 0.256. The Bertz CT molecular complexity index is 1380. The zero-order valence-corrected chi connectivity index (χ0v) is 19.8. The Labute approximate surface area is 205 Å². The number of nitrogens with zero attached hydrogens (tertiary/aromatic N) is 6. The molecule has 0 radical (unpaired) electrons. The highest BCUT2D eigenvalue weighted by Crippen LogP contribution is 2.31. The second-order valence-corrected chi connectivity index (χ2v) is 9.73. The second kappa shape index (κ2) is 9.47. The lowest BCUT2D eigenvalue weighted by molar-refractivity contribution is 0.208. The third-order valence-electron chi connectivity index (χ3n) is 7.02. The summed E-state index contributed by atoms with van der Waals surface area (Å²) in [5, 5.41) is 15.3. The molecule has 4 aromatic rings. The number of hydrogen-bond acceptors (Lipinski definition) is 6. The number of rotatable bonds is 7. The molecule has 0 bridgehead atoms. The fraction of sp³-hybridized carbons (Fsp3) is 0.357. The third kappa shape index (κ3) is 4.75. The van der Waals surface area contributed by atoms with Gasteiger partial charge in [0.1, 0.15) is 11.6 Å². The van der Waals surface area contributed by atoms with Crippen LogP contribution in [-0.2, 0) is 6.42 Å². The van der Waals surface area contributed by atoms with Crippen molar-refractivity contribution < 1.29 is 0 Å². The molecule has 176 valence electrons. The lowest BCUT2D eigenvalue weighted by atomic mass is 10.1. The number of anilines is 1. The van der Waals surface area contributed by atoms with E-state index < -0.39 is 0 Å². The SMILES string of the molecule is N#CCc1cnc(-c2ccc3ccccc3c2)n1-c1ccnc(N[C@H]2CCCN(CC3CC3)C2)n1. The monoisotopic (exact) mass is 463 g/mol. The lowest BCUT2D eigenvalue weighted by Crippen LogP contribution is -2.43. The Morgan fingerprint density at radius 1 is 1.03 bits per heavy atom. The fourth-order valence-electron chi connectivity index (χ4n) is 5.11. The van der Waals surface area contributed by atoms with Crippen molar-refractivity contribution >= 4 is 16.7 Å². The first-order valence-corrected chi connectivity index (χ1v) is 12.5. The van der Waals surface area contributed by atoms with Crippen LogP contribution < -0.4 is 5.32 Å². The predicted octanol–water partition coefficient (Wildman–Crippen LogP) is 4.83. The molecule has 0 spiro atoms. The zero-order chi connectivity index (χ0) is 23.6. The summed E-state index contributed by atoms with van der Waals surface area (Å²) in [6.45, 7) is 3.45. The van der Waals surface area contributed by atoms with Gasteiger partial charge in [-0.2, -0.15) is 10.2 Å². The van der Waals surface area contributed by atoms with Crippen LogP contribution in [0.1, 0.15) is 31.4 Å². The van der Waals surface area contributed by atoms with Gasteiger partial charge in [-0.15, -0.1) is 0 Å². The van der Waals surface area contributed by atoms with Crippen LogP contribution in [0.25, 0.3) is 28.0 Å². The molecule has 3 heterocycles. The lowest BCUT2D eigenvalue weighted by Gasteiger charge is -2.33. The molecule has 2 fully saturated rings. The minimum atomic E-state index is 0.256. The van der Waals surface area contributed by atoms with Gasteiger partial charge in [-0.05, 0) is 61.1 Å². The largest absolute Gasteiger partial charge is 0.350 e. The van der Waals surface area contributed by atoms with Crippen molar-refractivity contribution in [3.63, 3.8) is 0 Å². The van der Waals surface area contributed by atoms with Gasteiger partial charge in [0.2, 0.25) is 5.95 Å². The van der Waals surface area contributed by atoms with E-state index in [9.17, 15) is 5.26 Å². The van der Waals surface area contributed by atoms with Crippen molar-refractivity contribution in [1.29, 1.82) is 5.26 Å². The van der Waals surface area contributed by atoms with Crippen molar-refractivity contribution in [2.45, 2.75) is 38.1 Å². The van der Waals surface area contributed by atoms with E-state index in [-0.39, 0.29) is 6.42 Å². The van der Waals surface area contributed by atoms with Gasteiger partial charge >= 0.3 is 0 Å². The molecule has 0 amide bonds. The van der Waals surface area contributed by atoms with Crippen molar-refractivity contribution in [2.24, 2.45) is 5.92 Å². The molecular weight excluding hydrogens is 434 g/mol. The van der Waals surface area contributed by atoms with Crippen LogP contribution in [0.5, 0.6) is 0 Å². The van der Waals surface area contributed by atoms with Gasteiger partial charge in [0.05, 0.1) is 24.4 Å². The van der Waals surface area contributed by atoms with Gasteiger partial charge < -0.3 is 10.2 Å². The highest BCUT2D eigenvalue weighted by molar-refractivity contribution is 5.86. The minimum Gasteiger partial charge on any atom is -0.350 e. The highest BCUT2D eigenvalue weighted by Gasteiger charge is 2.28. The average molecular weight is 464 g/mol. The zero-order valence-electron chi connectivity index (χ0n) is 19.8. The van der Waals surface area contributed by atoms with Crippen molar-refractivity contribution in [3.8, 4) is 23.3 Å². The van der Waals surface area contributed by atoms with E-state index >= 15 is 0 Å². The number of imidazole rings is 1. The van der Waals surface area contributed by atoms with E-state index in [1.54, 1.807) is 12.4 Å². The van der Waals surface area contributed by atoms with Crippen LogP contribution in [0.4, 0.5) is 5.95 Å². The molecule has 0 unspecified atom stereocenters. The highest BCUT2D eigenvalue weighted by atomic mass is 15.2. The molecular formula is C28H29N7. The fourth-order valence-corrected chi connectivity index (χ4v) is 5.11. The molecule has 1 atom stereocenters. The number of benzene rings is 2. The summed E-state index contributed by atoms with van der Waals surface area (Å²) in [4.78, 5) is 16.7. The maximum absolute atomic E-state index is 9.43. The van der Waals surface area contributed by atoms with Gasteiger partial charge in [0.25, 0.3) is 0 Å². The molecule has 1 aliphatic heterocycles. The number of aromatic nitrogens is 4. The van der Waals surface area contributed by atoms with E-state index in [0.717, 1.165) is 47.2 Å². The molecule has 2 aromatic carbocycles. The molecule has 1 N–H and O–H groups in total. The molecule has 2 aromatic heterocycles. The molecule has 2 aliphatic rings. The van der Waals surface area contributed by atoms with E-state index in [1.807, 2.05) is 22.8 Å². The van der Waals surface area contributed by atoms with Crippen LogP contribution in [0.15, 0.2) is 60.9 Å². The second-order valence-electron chi connectivity index (χ2n) is 9.73. The standard InChI is InChI=1S/C28H29N7/c29-13-11-25-17-31-27(23-10-9-21-4-1-2-5-22(21)16-23)35(25)26-12-14-30-28(33-26)32-24-6-3-15-34(19-24)18-20-7-8-20/h1-2,4-5,9-10,12,14,16-17,20,24H,3,6-8,11,15,18-19H2,(H,30,32,33)/t24-/m0/s1. The maximum Gasteiger partial charge on any atom is 0.224 e. The number of piperidine rings is 1. The number of nitrogens with one attached hydrogen (secondary N) is 1. The van der Waals surface area contributed by atoms with E-state index in [2.05, 4.69) is 51.6 Å². The first-order chi connectivity index (χ1) is 17.3. The number of hydrogen-bond donors (Lipinski definition) is 1. The van der Waals surface area contributed by atoms with Gasteiger partial charge in [0, 0.05) is 30.9 Å². The molecule has 1 saturated heterocycles. The number of nitriles is 1. The Balaban J connectivity index is 1.30. The molecule has 35 heavy (non-hydrogen) atoms. The summed E-state index contributed by atoms with van der Waals surface area (Å²) < 4.78 is 1.99. The van der Waals surface area contributed by atoms with E-state index in [0.29, 0.717) is 12.0 Å². The molecule has 6 rings (SSSR count). The van der Waals surface area contributed by atoms with E-state index in [4.69, 9.17) is 9.97 Å². The van der Waals surface area contributed by atoms with Gasteiger partial charge in [-0.25, -0.2) is 9.97 Å². The van der Waals surface area contributed by atoms with Crippen molar-refractivity contribution in [2.75, 3.05) is 25.0 Å². The Kier molecular flexibility index (Phi) is 5.89. The van der Waals surface area contributed by atoms with Crippen LogP contribution in [0, 0.1) is 17.2 Å². The summed E-state index contributed by atoms with van der Waals surface area (Å²) in [6.07, 6.45) is 8.91. The van der Waals surface area contributed by atoms with Gasteiger partial charge in [-0.3, -0.25) is 4.57 Å². The van der Waals surface area contributed by atoms with Crippen LogP contribution in [0.2, 0.25) is 0 Å². The number of fused-ring (bicyclic) bond motifs is 1. The molecule has 7 heteroatoms. The van der Waals surface area contributed by atoms with E-state index in [1.165, 1.54) is 37.7 Å². The van der Waals surface area contributed by atoms with Crippen LogP contribution in [0.3, 0.4) is 0 Å². The summed E-state index contributed by atoms with van der Waals surface area (Å²) in [7, 11) is 0. The first-order valence-electron chi connectivity index (χ1n) is 12.5. The van der Waals surface area contributed by atoms with Crippen LogP contribution >= 0.6 is 0 Å². The summed E-state index contributed by atoms with van der Waals surface area (Å²) in [5.41, 5.74) is 1.80. The maximum atomic E-state index is 9.43. The Hall–Kier alpha value is -3.76. The predicted molar refractivity (Wildman–Crippen MR) is 137 cm³/mol. The summed E-state index contributed by atoms with van der Waals surface area (Å²) >= 11 is 0. The average Bonchev–Trinajstić information content (AvgIpc) is 3.60. The summed E-state index contributed by atoms with van der Waals surface area (Å²) in [5.74, 6) is 3.03. The molecule has 1 saturated carbocycles. The Morgan fingerprint density at radius 2 is 1.91 bits per heavy atom. The quantitative estimate of drug-likeness (QED) is 0.423. The summed E-state index contributed by atoms with van der Waals surface area (Å²) in [6, 6.07) is 19.1. The van der Waals surface area contributed by atoms with Gasteiger partial charge in [-0.1, -0.05) is 36.4 Å².